The lowest BCUT2D eigenvalue weighted by Gasteiger charge is -2.33. The number of hydrogen-bond acceptors (Lipinski definition) is 5. The molecule has 4 rings (SSSR count). The summed E-state index contributed by atoms with van der Waals surface area (Å²) in [6, 6.07) is 9.26. The number of nitrogens with zero attached hydrogens (tertiary/aromatic N) is 2. The van der Waals surface area contributed by atoms with Gasteiger partial charge in [0, 0.05) is 18.2 Å². The quantitative estimate of drug-likeness (QED) is 0.470. The largest absolute Gasteiger partial charge is 0.493 e. The molecule has 2 unspecified atom stereocenters. The minimum absolute atomic E-state index is 0.0571. The molecule has 7 nitrogen and oxygen atoms in total. The average molecular weight is 495 g/mol. The summed E-state index contributed by atoms with van der Waals surface area (Å²) >= 11 is 6.38. The van der Waals surface area contributed by atoms with Crippen LogP contribution in [-0.2, 0) is 0 Å². The second-order valence-corrected chi connectivity index (χ2v) is 8.26. The number of aryl methyl sites for hydroxylation is 1. The van der Waals surface area contributed by atoms with Crippen LogP contribution >= 0.6 is 11.6 Å². The van der Waals surface area contributed by atoms with Gasteiger partial charge in [0.2, 0.25) is 0 Å². The van der Waals surface area contributed by atoms with Crippen molar-refractivity contribution < 1.29 is 27.4 Å². The predicted octanol–water partition coefficient (Wildman–Crippen LogP) is 5.77. The van der Waals surface area contributed by atoms with Crippen molar-refractivity contribution in [2.75, 3.05) is 24.9 Å². The van der Waals surface area contributed by atoms with Crippen molar-refractivity contribution in [2.24, 2.45) is 0 Å². The molecule has 2 heterocycles. The Labute approximate surface area is 198 Å². The maximum atomic E-state index is 14.0. The molecule has 0 bridgehead atoms. The molecule has 1 aliphatic heterocycles. The van der Waals surface area contributed by atoms with Gasteiger partial charge >= 0.3 is 6.18 Å². The SMILES string of the molecule is COc1ccc(NC(=O)c2nn3c(c2Cl)NC(c2ccc(C)cc2)CC3C(F)(F)F)cc1OC. The fourth-order valence-electron chi connectivity index (χ4n) is 3.86. The Morgan fingerprint density at radius 2 is 1.82 bits per heavy atom. The molecule has 11 heteroatoms. The van der Waals surface area contributed by atoms with Crippen molar-refractivity contribution in [3.8, 4) is 11.5 Å². The Balaban J connectivity index is 1.67. The molecule has 34 heavy (non-hydrogen) atoms. The smallest absolute Gasteiger partial charge is 0.410 e. The highest BCUT2D eigenvalue weighted by molar-refractivity contribution is 6.36. The van der Waals surface area contributed by atoms with Gasteiger partial charge in [0.05, 0.1) is 20.3 Å². The summed E-state index contributed by atoms with van der Waals surface area (Å²) < 4.78 is 53.0. The normalized spacial score (nSPS) is 17.5. The van der Waals surface area contributed by atoms with Gasteiger partial charge in [-0.15, -0.1) is 0 Å². The first-order valence-corrected chi connectivity index (χ1v) is 10.7. The van der Waals surface area contributed by atoms with E-state index >= 15 is 0 Å². The Morgan fingerprint density at radius 3 is 2.44 bits per heavy atom. The first kappa shape index (κ1) is 23.7. The number of aromatic nitrogens is 2. The average Bonchev–Trinajstić information content (AvgIpc) is 3.14. The summed E-state index contributed by atoms with van der Waals surface area (Å²) in [5.74, 6) is 0.0117. The molecule has 0 saturated heterocycles. The molecule has 2 aromatic carbocycles. The molecule has 1 amide bonds. The van der Waals surface area contributed by atoms with E-state index in [0.717, 1.165) is 10.2 Å². The molecule has 2 atom stereocenters. The second-order valence-electron chi connectivity index (χ2n) is 7.88. The molecule has 0 saturated carbocycles. The van der Waals surface area contributed by atoms with E-state index in [-0.39, 0.29) is 23.0 Å². The number of benzene rings is 2. The van der Waals surface area contributed by atoms with E-state index in [0.29, 0.717) is 22.7 Å². The number of methoxy groups -OCH3 is 2. The summed E-state index contributed by atoms with van der Waals surface area (Å²) in [6.07, 6.45) is -4.89. The Morgan fingerprint density at radius 1 is 1.15 bits per heavy atom. The van der Waals surface area contributed by atoms with Crippen molar-refractivity contribution >= 4 is 29.0 Å². The van der Waals surface area contributed by atoms with Gasteiger partial charge in [-0.25, -0.2) is 4.68 Å². The van der Waals surface area contributed by atoms with Crippen molar-refractivity contribution in [1.82, 2.24) is 9.78 Å². The fourth-order valence-corrected chi connectivity index (χ4v) is 4.12. The molecule has 3 aromatic rings. The van der Waals surface area contributed by atoms with Crippen molar-refractivity contribution in [2.45, 2.75) is 31.6 Å². The Hall–Kier alpha value is -3.40. The molecular weight excluding hydrogens is 473 g/mol. The second kappa shape index (κ2) is 9.09. The lowest BCUT2D eigenvalue weighted by molar-refractivity contribution is -0.173. The zero-order valence-electron chi connectivity index (χ0n) is 18.5. The van der Waals surface area contributed by atoms with E-state index in [1.807, 2.05) is 19.1 Å². The van der Waals surface area contributed by atoms with E-state index in [9.17, 15) is 18.0 Å². The summed E-state index contributed by atoms with van der Waals surface area (Å²) in [5, 5.41) is 9.38. The predicted molar refractivity (Wildman–Crippen MR) is 122 cm³/mol. The van der Waals surface area contributed by atoms with Gasteiger partial charge in [0.1, 0.15) is 10.8 Å². The number of carbonyl (C=O) groups excluding carboxylic acids is 1. The number of amides is 1. The van der Waals surface area contributed by atoms with Crippen LogP contribution < -0.4 is 20.1 Å². The van der Waals surface area contributed by atoms with Crippen molar-refractivity contribution in [3.63, 3.8) is 0 Å². The van der Waals surface area contributed by atoms with Crippen LogP contribution in [0.5, 0.6) is 11.5 Å². The third kappa shape index (κ3) is 4.50. The van der Waals surface area contributed by atoms with Gasteiger partial charge < -0.3 is 20.1 Å². The molecule has 180 valence electrons. The number of rotatable bonds is 5. The van der Waals surface area contributed by atoms with E-state index in [4.69, 9.17) is 21.1 Å². The monoisotopic (exact) mass is 494 g/mol. The first-order valence-electron chi connectivity index (χ1n) is 10.3. The van der Waals surface area contributed by atoms with Crippen LogP contribution in [0.25, 0.3) is 0 Å². The molecule has 1 aromatic heterocycles. The van der Waals surface area contributed by atoms with Crippen LogP contribution in [0.15, 0.2) is 42.5 Å². The zero-order chi connectivity index (χ0) is 24.6. The maximum absolute atomic E-state index is 14.0. The van der Waals surface area contributed by atoms with Crippen LogP contribution in [0, 0.1) is 6.92 Å². The Kier molecular flexibility index (Phi) is 6.35. The van der Waals surface area contributed by atoms with Crippen LogP contribution in [0.1, 0.15) is 40.1 Å². The minimum atomic E-state index is -4.59. The number of anilines is 2. The highest BCUT2D eigenvalue weighted by atomic mass is 35.5. The van der Waals surface area contributed by atoms with Crippen LogP contribution in [-0.4, -0.2) is 36.1 Å². The van der Waals surface area contributed by atoms with E-state index < -0.39 is 24.2 Å². The number of alkyl halides is 3. The molecule has 2 N–H and O–H groups in total. The van der Waals surface area contributed by atoms with Gasteiger partial charge in [0.15, 0.2) is 23.2 Å². The standard InChI is InChI=1S/C23H22ClF3N4O3/c1-12-4-6-13(7-5-12)15-11-18(23(25,26)27)31-21(29-15)19(24)20(30-31)22(32)28-14-8-9-16(33-2)17(10-14)34-3/h4-10,15,18,29H,11H2,1-3H3,(H,28,32). The molecule has 0 radical (unpaired) electrons. The highest BCUT2D eigenvalue weighted by Gasteiger charge is 2.47. The molecular formula is C23H22ClF3N4O3. The third-order valence-corrected chi connectivity index (χ3v) is 5.99. The maximum Gasteiger partial charge on any atom is 0.410 e. The van der Waals surface area contributed by atoms with E-state index in [1.165, 1.54) is 20.3 Å². The van der Waals surface area contributed by atoms with Gasteiger partial charge in [-0.1, -0.05) is 41.4 Å². The lowest BCUT2D eigenvalue weighted by atomic mass is 9.96. The highest BCUT2D eigenvalue weighted by Crippen LogP contribution is 2.46. The number of ether oxygens (including phenoxy) is 2. The lowest BCUT2D eigenvalue weighted by Crippen LogP contribution is -2.35. The van der Waals surface area contributed by atoms with Gasteiger partial charge in [-0.2, -0.15) is 18.3 Å². The number of hydrogen-bond donors (Lipinski definition) is 2. The first-order chi connectivity index (χ1) is 16.1. The topological polar surface area (TPSA) is 77.4 Å². The minimum Gasteiger partial charge on any atom is -0.493 e. The van der Waals surface area contributed by atoms with Crippen LogP contribution in [0.3, 0.4) is 0 Å². The van der Waals surface area contributed by atoms with Crippen LogP contribution in [0.2, 0.25) is 5.02 Å². The summed E-state index contributed by atoms with van der Waals surface area (Å²) in [7, 11) is 2.91. The number of halogens is 4. The summed E-state index contributed by atoms with van der Waals surface area (Å²) in [4.78, 5) is 12.9. The Bertz CT molecular complexity index is 1210. The van der Waals surface area contributed by atoms with Crippen molar-refractivity contribution in [1.29, 1.82) is 0 Å². The molecule has 1 aliphatic rings. The third-order valence-electron chi connectivity index (χ3n) is 5.63. The molecule has 0 fully saturated rings. The van der Waals surface area contributed by atoms with Crippen LogP contribution in [0.4, 0.5) is 24.7 Å². The number of nitrogens with one attached hydrogen (secondary N) is 2. The molecule has 0 spiro atoms. The van der Waals surface area contributed by atoms with E-state index in [1.54, 1.807) is 24.3 Å². The van der Waals surface area contributed by atoms with E-state index in [2.05, 4.69) is 15.7 Å². The summed E-state index contributed by atoms with van der Waals surface area (Å²) in [5.41, 5.74) is 1.68. The van der Waals surface area contributed by atoms with Gasteiger partial charge in [0.25, 0.3) is 5.91 Å². The zero-order valence-corrected chi connectivity index (χ0v) is 19.3. The summed E-state index contributed by atoms with van der Waals surface area (Å²) in [6.45, 7) is 1.89. The van der Waals surface area contributed by atoms with Crippen molar-refractivity contribution in [3.05, 3.63) is 64.3 Å². The number of carbonyl (C=O) groups is 1. The van der Waals surface area contributed by atoms with Gasteiger partial charge in [-0.05, 0) is 24.6 Å². The fraction of sp³-hybridized carbons (Fsp3) is 0.304. The molecule has 0 aliphatic carbocycles. The number of fused-ring (bicyclic) bond motifs is 1. The van der Waals surface area contributed by atoms with Gasteiger partial charge in [-0.3, -0.25) is 4.79 Å².